The summed E-state index contributed by atoms with van der Waals surface area (Å²) in [5, 5.41) is 25.3. The maximum Gasteiger partial charge on any atom is 0.230 e. The number of amides is 1. The molecule has 2 aromatic heterocycles. The molecule has 1 N–H and O–H groups in total. The summed E-state index contributed by atoms with van der Waals surface area (Å²) < 4.78 is 1.78. The van der Waals surface area contributed by atoms with Crippen molar-refractivity contribution in [3.63, 3.8) is 0 Å². The SMILES string of the molecule is Cn1ncc2ccc(CC(=O)Nc3cnn(Cc4ccc(C#N)cc4)n3)cc21. The zero-order valence-electron chi connectivity index (χ0n) is 15.2. The molecule has 1 amide bonds. The molecule has 0 aliphatic heterocycles. The van der Waals surface area contributed by atoms with Crippen LogP contribution in [-0.4, -0.2) is 30.7 Å². The number of nitrogens with one attached hydrogen (secondary N) is 1. The number of aromatic nitrogens is 5. The van der Waals surface area contributed by atoms with Crippen LogP contribution in [0.3, 0.4) is 0 Å². The quantitative estimate of drug-likeness (QED) is 0.580. The first-order chi connectivity index (χ1) is 13.6. The van der Waals surface area contributed by atoms with E-state index in [4.69, 9.17) is 5.26 Å². The first-order valence-corrected chi connectivity index (χ1v) is 8.70. The molecule has 8 heteroatoms. The van der Waals surface area contributed by atoms with Crippen LogP contribution in [-0.2, 0) is 24.8 Å². The van der Waals surface area contributed by atoms with Crippen LogP contribution >= 0.6 is 0 Å². The highest BCUT2D eigenvalue weighted by atomic mass is 16.1. The predicted molar refractivity (Wildman–Crippen MR) is 103 cm³/mol. The lowest BCUT2D eigenvalue weighted by Gasteiger charge is -2.03. The molecule has 0 aliphatic rings. The highest BCUT2D eigenvalue weighted by Gasteiger charge is 2.09. The number of nitrogens with zero attached hydrogens (tertiary/aromatic N) is 6. The van der Waals surface area contributed by atoms with Crippen LogP contribution in [0.2, 0.25) is 0 Å². The summed E-state index contributed by atoms with van der Waals surface area (Å²) in [7, 11) is 1.87. The lowest BCUT2D eigenvalue weighted by molar-refractivity contribution is -0.115. The van der Waals surface area contributed by atoms with Crippen LogP contribution in [0.1, 0.15) is 16.7 Å². The summed E-state index contributed by atoms with van der Waals surface area (Å²) in [5.41, 5.74) is 3.46. The molecule has 0 saturated carbocycles. The molecule has 0 spiro atoms. The maximum absolute atomic E-state index is 12.3. The summed E-state index contributed by atoms with van der Waals surface area (Å²) in [6.45, 7) is 0.457. The van der Waals surface area contributed by atoms with Gasteiger partial charge in [0.25, 0.3) is 0 Å². The molecule has 0 saturated heterocycles. The smallest absolute Gasteiger partial charge is 0.230 e. The van der Waals surface area contributed by atoms with Crippen molar-refractivity contribution in [2.24, 2.45) is 7.05 Å². The van der Waals surface area contributed by atoms with E-state index < -0.39 is 0 Å². The Hall–Kier alpha value is -3.99. The summed E-state index contributed by atoms with van der Waals surface area (Å²) >= 11 is 0. The molecule has 28 heavy (non-hydrogen) atoms. The standard InChI is InChI=1S/C20H17N7O/c1-26-18-8-16(6-7-17(18)11-22-26)9-20(28)24-19-12-23-27(25-19)13-15-4-2-14(10-21)3-5-15/h2-8,11-12H,9,13H2,1H3,(H,24,25,28). The van der Waals surface area contributed by atoms with Crippen molar-refractivity contribution in [1.82, 2.24) is 24.8 Å². The van der Waals surface area contributed by atoms with Crippen molar-refractivity contribution in [3.05, 3.63) is 71.5 Å². The molecule has 0 bridgehead atoms. The summed E-state index contributed by atoms with van der Waals surface area (Å²) in [6.07, 6.45) is 3.56. The van der Waals surface area contributed by atoms with Crippen molar-refractivity contribution in [2.45, 2.75) is 13.0 Å². The number of hydrogen-bond donors (Lipinski definition) is 1. The Morgan fingerprint density at radius 2 is 1.89 bits per heavy atom. The molecule has 4 rings (SSSR count). The van der Waals surface area contributed by atoms with E-state index in [1.54, 1.807) is 23.0 Å². The normalized spacial score (nSPS) is 10.7. The fraction of sp³-hybridized carbons (Fsp3) is 0.150. The van der Waals surface area contributed by atoms with E-state index >= 15 is 0 Å². The van der Waals surface area contributed by atoms with Crippen molar-refractivity contribution >= 4 is 22.6 Å². The Balaban J connectivity index is 1.39. The molecule has 0 atom stereocenters. The number of carbonyl (C=O) groups excluding carboxylic acids is 1. The molecule has 2 aromatic carbocycles. The van der Waals surface area contributed by atoms with E-state index in [1.807, 2.05) is 37.4 Å². The van der Waals surface area contributed by atoms with Gasteiger partial charge in [-0.1, -0.05) is 24.3 Å². The molecule has 0 aliphatic carbocycles. The highest BCUT2D eigenvalue weighted by molar-refractivity contribution is 5.92. The molecule has 8 nitrogen and oxygen atoms in total. The predicted octanol–water partition coefficient (Wildman–Crippen LogP) is 2.27. The third kappa shape index (κ3) is 3.73. The largest absolute Gasteiger partial charge is 0.308 e. The lowest BCUT2D eigenvalue weighted by Crippen LogP contribution is -2.15. The van der Waals surface area contributed by atoms with Crippen molar-refractivity contribution in [3.8, 4) is 6.07 Å². The topological polar surface area (TPSA) is 101 Å². The first kappa shape index (κ1) is 17.4. The van der Waals surface area contributed by atoms with E-state index in [0.717, 1.165) is 22.0 Å². The maximum atomic E-state index is 12.3. The molecule has 0 unspecified atom stereocenters. The van der Waals surface area contributed by atoms with Gasteiger partial charge in [0.05, 0.1) is 42.5 Å². The van der Waals surface area contributed by atoms with Gasteiger partial charge in [-0.15, -0.1) is 5.10 Å². The number of fused-ring (bicyclic) bond motifs is 1. The number of nitriles is 1. The van der Waals surface area contributed by atoms with E-state index in [9.17, 15) is 4.79 Å². The number of hydrogen-bond acceptors (Lipinski definition) is 5. The van der Waals surface area contributed by atoms with Gasteiger partial charge in [0.15, 0.2) is 5.82 Å². The fourth-order valence-corrected chi connectivity index (χ4v) is 2.95. The summed E-state index contributed by atoms with van der Waals surface area (Å²) in [6, 6.07) is 15.1. The average Bonchev–Trinajstić information content (AvgIpc) is 3.29. The van der Waals surface area contributed by atoms with Crippen molar-refractivity contribution < 1.29 is 4.79 Å². The van der Waals surface area contributed by atoms with Crippen LogP contribution in [0.25, 0.3) is 10.9 Å². The minimum atomic E-state index is -0.160. The molecule has 4 aromatic rings. The first-order valence-electron chi connectivity index (χ1n) is 8.70. The van der Waals surface area contributed by atoms with E-state index in [2.05, 4.69) is 26.7 Å². The molecule has 0 radical (unpaired) electrons. The third-order valence-corrected chi connectivity index (χ3v) is 4.39. The van der Waals surface area contributed by atoms with Crippen molar-refractivity contribution in [1.29, 1.82) is 5.26 Å². The minimum Gasteiger partial charge on any atom is -0.308 e. The Bertz CT molecular complexity index is 1180. The molecule has 138 valence electrons. The van der Waals surface area contributed by atoms with Gasteiger partial charge in [-0.25, -0.2) is 0 Å². The number of aryl methyl sites for hydroxylation is 1. The van der Waals surface area contributed by atoms with Gasteiger partial charge in [-0.3, -0.25) is 9.48 Å². The van der Waals surface area contributed by atoms with Gasteiger partial charge in [0.1, 0.15) is 0 Å². The van der Waals surface area contributed by atoms with Crippen LogP contribution in [0.15, 0.2) is 54.9 Å². The van der Waals surface area contributed by atoms with Crippen LogP contribution in [0.4, 0.5) is 5.82 Å². The molecular weight excluding hydrogens is 354 g/mol. The van der Waals surface area contributed by atoms with E-state index in [-0.39, 0.29) is 12.3 Å². The minimum absolute atomic E-state index is 0.160. The van der Waals surface area contributed by atoms with Gasteiger partial charge >= 0.3 is 0 Å². The van der Waals surface area contributed by atoms with Crippen LogP contribution in [0, 0.1) is 11.3 Å². The van der Waals surface area contributed by atoms with Crippen LogP contribution < -0.4 is 5.32 Å². The lowest BCUT2D eigenvalue weighted by atomic mass is 10.1. The third-order valence-electron chi connectivity index (χ3n) is 4.39. The Labute approximate surface area is 161 Å². The fourth-order valence-electron chi connectivity index (χ4n) is 2.95. The summed E-state index contributed by atoms with van der Waals surface area (Å²) in [5.74, 6) is 0.243. The summed E-state index contributed by atoms with van der Waals surface area (Å²) in [4.78, 5) is 13.8. The zero-order valence-corrected chi connectivity index (χ0v) is 15.2. The average molecular weight is 371 g/mol. The number of anilines is 1. The highest BCUT2D eigenvalue weighted by Crippen LogP contribution is 2.15. The monoisotopic (exact) mass is 371 g/mol. The zero-order chi connectivity index (χ0) is 19.5. The second-order valence-corrected chi connectivity index (χ2v) is 6.46. The number of carbonyl (C=O) groups is 1. The van der Waals surface area contributed by atoms with E-state index in [1.165, 1.54) is 11.0 Å². The van der Waals surface area contributed by atoms with Gasteiger partial charge in [0.2, 0.25) is 5.91 Å². The van der Waals surface area contributed by atoms with Gasteiger partial charge in [-0.2, -0.15) is 20.3 Å². The Kier molecular flexibility index (Phi) is 4.56. The van der Waals surface area contributed by atoms with Gasteiger partial charge in [-0.05, 0) is 29.3 Å². The van der Waals surface area contributed by atoms with Crippen LogP contribution in [0.5, 0.6) is 0 Å². The molecule has 0 fully saturated rings. The molecular formula is C20H17N7O. The second-order valence-electron chi connectivity index (χ2n) is 6.46. The Morgan fingerprint density at radius 1 is 1.11 bits per heavy atom. The number of benzene rings is 2. The van der Waals surface area contributed by atoms with E-state index in [0.29, 0.717) is 17.9 Å². The van der Waals surface area contributed by atoms with Gasteiger partial charge < -0.3 is 5.32 Å². The second kappa shape index (κ2) is 7.32. The van der Waals surface area contributed by atoms with Gasteiger partial charge in [0, 0.05) is 12.4 Å². The van der Waals surface area contributed by atoms with Crippen molar-refractivity contribution in [2.75, 3.05) is 5.32 Å². The Morgan fingerprint density at radius 3 is 2.68 bits per heavy atom. The number of rotatable bonds is 5. The molecule has 2 heterocycles.